The third-order valence-corrected chi connectivity index (χ3v) is 4.12. The quantitative estimate of drug-likeness (QED) is 0.786. The number of hydrogen-bond acceptors (Lipinski definition) is 1. The second-order valence-electron chi connectivity index (χ2n) is 5.87. The third-order valence-electron chi connectivity index (χ3n) is 4.12. The summed E-state index contributed by atoms with van der Waals surface area (Å²) in [6.07, 6.45) is 6.53. The van der Waals surface area contributed by atoms with Gasteiger partial charge in [-0.25, -0.2) is 8.78 Å². The van der Waals surface area contributed by atoms with Crippen LogP contribution in [0.3, 0.4) is 0 Å². The van der Waals surface area contributed by atoms with Crippen molar-refractivity contribution in [1.29, 1.82) is 0 Å². The average Bonchev–Trinajstić information content (AvgIpc) is 2.36. The van der Waals surface area contributed by atoms with E-state index in [4.69, 9.17) is 0 Å². The van der Waals surface area contributed by atoms with Gasteiger partial charge in [0.15, 0.2) is 0 Å². The molecule has 106 valence electrons. The van der Waals surface area contributed by atoms with E-state index in [-0.39, 0.29) is 0 Å². The standard InChI is InChI=1S/C16H23F2N/c1-12-2-4-13(5-3-12)6-7-19-11-14-8-15(17)10-16(18)9-14/h8-10,12-13,19H,2-7,11H2,1H3. The Morgan fingerprint density at radius 2 is 1.68 bits per heavy atom. The second kappa shape index (κ2) is 6.99. The first-order chi connectivity index (χ1) is 9.13. The smallest absolute Gasteiger partial charge is 0.126 e. The molecule has 1 saturated carbocycles. The molecule has 1 N–H and O–H groups in total. The molecular formula is C16H23F2N. The van der Waals surface area contributed by atoms with E-state index in [0.29, 0.717) is 12.1 Å². The van der Waals surface area contributed by atoms with E-state index >= 15 is 0 Å². The van der Waals surface area contributed by atoms with Crippen molar-refractivity contribution in [3.63, 3.8) is 0 Å². The molecule has 0 atom stereocenters. The maximum atomic E-state index is 13.0. The summed E-state index contributed by atoms with van der Waals surface area (Å²) < 4.78 is 26.0. The lowest BCUT2D eigenvalue weighted by Gasteiger charge is -2.26. The lowest BCUT2D eigenvalue weighted by atomic mass is 9.81. The Morgan fingerprint density at radius 1 is 1.05 bits per heavy atom. The van der Waals surface area contributed by atoms with Gasteiger partial charge in [-0.1, -0.05) is 32.6 Å². The predicted molar refractivity (Wildman–Crippen MR) is 73.8 cm³/mol. The van der Waals surface area contributed by atoms with Gasteiger partial charge < -0.3 is 5.32 Å². The molecule has 0 heterocycles. The van der Waals surface area contributed by atoms with Crippen molar-refractivity contribution in [3.8, 4) is 0 Å². The Bertz CT molecular complexity index is 377. The Hall–Kier alpha value is -0.960. The zero-order valence-electron chi connectivity index (χ0n) is 11.6. The zero-order chi connectivity index (χ0) is 13.7. The average molecular weight is 267 g/mol. The van der Waals surface area contributed by atoms with Crippen LogP contribution < -0.4 is 5.32 Å². The molecule has 1 aliphatic carbocycles. The van der Waals surface area contributed by atoms with Crippen LogP contribution in [0, 0.1) is 23.5 Å². The van der Waals surface area contributed by atoms with Crippen LogP contribution in [0.1, 0.15) is 44.6 Å². The molecule has 3 heteroatoms. The molecule has 19 heavy (non-hydrogen) atoms. The van der Waals surface area contributed by atoms with Gasteiger partial charge in [0.1, 0.15) is 11.6 Å². The summed E-state index contributed by atoms with van der Waals surface area (Å²) in [4.78, 5) is 0. The largest absolute Gasteiger partial charge is 0.313 e. The van der Waals surface area contributed by atoms with Crippen molar-refractivity contribution in [1.82, 2.24) is 5.32 Å². The molecule has 0 bridgehead atoms. The minimum absolute atomic E-state index is 0.502. The molecule has 0 saturated heterocycles. The van der Waals surface area contributed by atoms with Crippen molar-refractivity contribution >= 4 is 0 Å². The molecule has 0 spiro atoms. The summed E-state index contributed by atoms with van der Waals surface area (Å²) in [6.45, 7) is 3.79. The van der Waals surface area contributed by atoms with E-state index in [2.05, 4.69) is 12.2 Å². The first-order valence-corrected chi connectivity index (χ1v) is 7.29. The number of nitrogens with one attached hydrogen (secondary N) is 1. The van der Waals surface area contributed by atoms with Gasteiger partial charge in [0.2, 0.25) is 0 Å². The van der Waals surface area contributed by atoms with Gasteiger partial charge in [-0.2, -0.15) is 0 Å². The van der Waals surface area contributed by atoms with Crippen LogP contribution in [-0.2, 0) is 6.54 Å². The fourth-order valence-corrected chi connectivity index (χ4v) is 2.87. The Labute approximate surface area is 114 Å². The molecule has 1 fully saturated rings. The number of hydrogen-bond donors (Lipinski definition) is 1. The second-order valence-corrected chi connectivity index (χ2v) is 5.87. The summed E-state index contributed by atoms with van der Waals surface area (Å²) in [5.41, 5.74) is 0.676. The van der Waals surface area contributed by atoms with Gasteiger partial charge in [-0.05, 0) is 42.5 Å². The van der Waals surface area contributed by atoms with Gasteiger partial charge in [0.25, 0.3) is 0 Å². The van der Waals surface area contributed by atoms with Gasteiger partial charge in [-0.15, -0.1) is 0 Å². The summed E-state index contributed by atoms with van der Waals surface area (Å²) in [5, 5.41) is 3.28. The molecular weight excluding hydrogens is 244 g/mol. The highest BCUT2D eigenvalue weighted by Crippen LogP contribution is 2.29. The zero-order valence-corrected chi connectivity index (χ0v) is 11.6. The topological polar surface area (TPSA) is 12.0 Å². The van der Waals surface area contributed by atoms with E-state index in [1.54, 1.807) is 0 Å². The van der Waals surface area contributed by atoms with Crippen LogP contribution in [0.5, 0.6) is 0 Å². The molecule has 0 radical (unpaired) electrons. The monoisotopic (exact) mass is 267 g/mol. The predicted octanol–water partition coefficient (Wildman–Crippen LogP) is 4.27. The van der Waals surface area contributed by atoms with E-state index in [9.17, 15) is 8.78 Å². The van der Waals surface area contributed by atoms with Crippen LogP contribution in [0.4, 0.5) is 8.78 Å². The van der Waals surface area contributed by atoms with Crippen LogP contribution in [-0.4, -0.2) is 6.54 Å². The van der Waals surface area contributed by atoms with Crippen LogP contribution in [0.2, 0.25) is 0 Å². The van der Waals surface area contributed by atoms with E-state index in [1.807, 2.05) is 0 Å². The highest BCUT2D eigenvalue weighted by atomic mass is 19.1. The Morgan fingerprint density at radius 3 is 2.32 bits per heavy atom. The number of benzene rings is 1. The van der Waals surface area contributed by atoms with Crippen molar-refractivity contribution < 1.29 is 8.78 Å². The first-order valence-electron chi connectivity index (χ1n) is 7.29. The lowest BCUT2D eigenvalue weighted by molar-refractivity contribution is 0.275. The summed E-state index contributed by atoms with van der Waals surface area (Å²) >= 11 is 0. The van der Waals surface area contributed by atoms with Crippen molar-refractivity contribution in [2.45, 2.75) is 45.6 Å². The minimum Gasteiger partial charge on any atom is -0.313 e. The van der Waals surface area contributed by atoms with Gasteiger partial charge in [-0.3, -0.25) is 0 Å². The maximum Gasteiger partial charge on any atom is 0.126 e. The fourth-order valence-electron chi connectivity index (χ4n) is 2.87. The van der Waals surface area contributed by atoms with Gasteiger partial charge in [0.05, 0.1) is 0 Å². The Balaban J connectivity index is 1.66. The maximum absolute atomic E-state index is 13.0. The summed E-state index contributed by atoms with van der Waals surface area (Å²) in [7, 11) is 0. The van der Waals surface area contributed by atoms with E-state index < -0.39 is 11.6 Å². The number of halogens is 2. The minimum atomic E-state index is -0.502. The number of rotatable bonds is 5. The van der Waals surface area contributed by atoms with E-state index in [0.717, 1.165) is 24.4 Å². The molecule has 1 aromatic rings. The molecule has 1 aliphatic rings. The van der Waals surface area contributed by atoms with Crippen molar-refractivity contribution in [3.05, 3.63) is 35.4 Å². The third kappa shape index (κ3) is 4.90. The van der Waals surface area contributed by atoms with E-state index in [1.165, 1.54) is 44.2 Å². The molecule has 2 rings (SSSR count). The molecule has 0 aliphatic heterocycles. The molecule has 1 nitrogen and oxygen atoms in total. The van der Waals surface area contributed by atoms with Crippen LogP contribution >= 0.6 is 0 Å². The molecule has 0 amide bonds. The van der Waals surface area contributed by atoms with Crippen molar-refractivity contribution in [2.75, 3.05) is 6.54 Å². The molecule has 0 unspecified atom stereocenters. The van der Waals surface area contributed by atoms with Crippen molar-refractivity contribution in [2.24, 2.45) is 11.8 Å². The van der Waals surface area contributed by atoms with Crippen LogP contribution in [0.25, 0.3) is 0 Å². The SMILES string of the molecule is CC1CCC(CCNCc2cc(F)cc(F)c2)CC1. The lowest BCUT2D eigenvalue weighted by Crippen LogP contribution is -2.20. The van der Waals surface area contributed by atoms with Gasteiger partial charge >= 0.3 is 0 Å². The summed E-state index contributed by atoms with van der Waals surface area (Å²) in [6, 6.07) is 3.68. The highest BCUT2D eigenvalue weighted by molar-refractivity contribution is 5.17. The normalized spacial score (nSPS) is 23.5. The molecule has 0 aromatic heterocycles. The van der Waals surface area contributed by atoms with Gasteiger partial charge in [0, 0.05) is 12.6 Å². The summed E-state index contributed by atoms with van der Waals surface area (Å²) in [5.74, 6) is 0.712. The fraction of sp³-hybridized carbons (Fsp3) is 0.625. The molecule has 1 aromatic carbocycles. The Kier molecular flexibility index (Phi) is 5.32. The highest BCUT2D eigenvalue weighted by Gasteiger charge is 2.17. The first kappa shape index (κ1) is 14.4. The van der Waals surface area contributed by atoms with Crippen LogP contribution in [0.15, 0.2) is 18.2 Å².